The molecular weight excluding hydrogens is 364 g/mol. The maximum Gasteiger partial charge on any atom is 0.264 e. The number of benzene rings is 2. The summed E-state index contributed by atoms with van der Waals surface area (Å²) < 4.78 is 0.961. The molecule has 1 aliphatic heterocycles. The van der Waals surface area contributed by atoms with Gasteiger partial charge in [0.1, 0.15) is 5.75 Å². The molecule has 0 radical (unpaired) electrons. The number of halogens is 1. The Bertz CT molecular complexity index is 785. The van der Waals surface area contributed by atoms with Gasteiger partial charge in [-0.25, -0.2) is 4.99 Å². The van der Waals surface area contributed by atoms with Crippen molar-refractivity contribution in [1.82, 2.24) is 5.32 Å². The SMILES string of the molecule is O=C1NC(=Nc2ccc(O)cc2)S/C1=C\c1cccc(Br)c1. The fourth-order valence-electron chi connectivity index (χ4n) is 1.87. The van der Waals surface area contributed by atoms with Crippen LogP contribution >= 0.6 is 27.7 Å². The predicted molar refractivity (Wildman–Crippen MR) is 93.1 cm³/mol. The summed E-state index contributed by atoms with van der Waals surface area (Å²) in [6.45, 7) is 0. The first-order chi connectivity index (χ1) is 10.6. The maximum absolute atomic E-state index is 12.0. The number of aromatic hydroxyl groups is 1. The molecule has 2 aromatic carbocycles. The first kappa shape index (κ1) is 14.9. The number of thioether (sulfide) groups is 1. The highest BCUT2D eigenvalue weighted by atomic mass is 79.9. The van der Waals surface area contributed by atoms with Gasteiger partial charge in [0.25, 0.3) is 5.91 Å². The quantitative estimate of drug-likeness (QED) is 0.779. The highest BCUT2D eigenvalue weighted by Gasteiger charge is 2.23. The van der Waals surface area contributed by atoms with Gasteiger partial charge in [-0.2, -0.15) is 0 Å². The van der Waals surface area contributed by atoms with Crippen molar-refractivity contribution in [3.63, 3.8) is 0 Å². The summed E-state index contributed by atoms with van der Waals surface area (Å²) in [5.74, 6) is 0.0183. The van der Waals surface area contributed by atoms with Crippen molar-refractivity contribution in [3.8, 4) is 5.75 Å². The van der Waals surface area contributed by atoms with Gasteiger partial charge in [0.2, 0.25) is 0 Å². The zero-order chi connectivity index (χ0) is 15.5. The minimum atomic E-state index is -0.164. The average molecular weight is 375 g/mol. The van der Waals surface area contributed by atoms with E-state index in [9.17, 15) is 9.90 Å². The van der Waals surface area contributed by atoms with E-state index in [1.54, 1.807) is 24.3 Å². The zero-order valence-electron chi connectivity index (χ0n) is 11.3. The van der Waals surface area contributed by atoms with Gasteiger partial charge in [0.05, 0.1) is 10.6 Å². The Morgan fingerprint density at radius 2 is 1.95 bits per heavy atom. The topological polar surface area (TPSA) is 61.7 Å². The Hall–Kier alpha value is -2.05. The van der Waals surface area contributed by atoms with Crippen LogP contribution in [0.5, 0.6) is 5.75 Å². The molecular formula is C16H11BrN2O2S. The molecule has 0 saturated carbocycles. The summed E-state index contributed by atoms with van der Waals surface area (Å²) in [7, 11) is 0. The normalized spacial score (nSPS) is 18.0. The van der Waals surface area contributed by atoms with E-state index in [-0.39, 0.29) is 11.7 Å². The van der Waals surface area contributed by atoms with Gasteiger partial charge in [-0.3, -0.25) is 4.79 Å². The molecule has 4 nitrogen and oxygen atoms in total. The van der Waals surface area contributed by atoms with Gasteiger partial charge in [-0.15, -0.1) is 0 Å². The van der Waals surface area contributed by atoms with Crippen LogP contribution in [0.1, 0.15) is 5.56 Å². The lowest BCUT2D eigenvalue weighted by atomic mass is 10.2. The number of carbonyl (C=O) groups excluding carboxylic acids is 1. The van der Waals surface area contributed by atoms with Crippen LogP contribution in [-0.2, 0) is 4.79 Å². The number of rotatable bonds is 2. The van der Waals surface area contributed by atoms with Crippen LogP contribution in [0.15, 0.2) is 62.9 Å². The van der Waals surface area contributed by atoms with Crippen LogP contribution in [0.4, 0.5) is 5.69 Å². The lowest BCUT2D eigenvalue weighted by Gasteiger charge is -1.96. The van der Waals surface area contributed by atoms with Crippen molar-refractivity contribution in [2.75, 3.05) is 0 Å². The second-order valence-corrected chi connectivity index (χ2v) is 6.50. The third-order valence-corrected chi connectivity index (χ3v) is 4.28. The van der Waals surface area contributed by atoms with Crippen LogP contribution < -0.4 is 5.32 Å². The molecule has 1 saturated heterocycles. The van der Waals surface area contributed by atoms with E-state index in [0.29, 0.717) is 15.8 Å². The fourth-order valence-corrected chi connectivity index (χ4v) is 3.13. The number of carbonyl (C=O) groups is 1. The second-order valence-electron chi connectivity index (χ2n) is 4.55. The molecule has 0 spiro atoms. The van der Waals surface area contributed by atoms with Crippen molar-refractivity contribution in [1.29, 1.82) is 0 Å². The number of amides is 1. The molecule has 0 unspecified atom stereocenters. The molecule has 0 aliphatic carbocycles. The molecule has 1 amide bonds. The number of phenols is 1. The highest BCUT2D eigenvalue weighted by molar-refractivity contribution is 9.10. The summed E-state index contributed by atoms with van der Waals surface area (Å²) in [5, 5.41) is 12.5. The average Bonchev–Trinajstić information content (AvgIpc) is 2.81. The lowest BCUT2D eigenvalue weighted by Crippen LogP contribution is -2.19. The summed E-state index contributed by atoms with van der Waals surface area (Å²) in [4.78, 5) is 16.9. The molecule has 3 rings (SSSR count). The van der Waals surface area contributed by atoms with E-state index in [2.05, 4.69) is 26.2 Å². The van der Waals surface area contributed by atoms with Gasteiger partial charge >= 0.3 is 0 Å². The Kier molecular flexibility index (Phi) is 4.31. The third-order valence-electron chi connectivity index (χ3n) is 2.88. The second kappa shape index (κ2) is 6.37. The number of amidine groups is 1. The largest absolute Gasteiger partial charge is 0.508 e. The molecule has 0 aromatic heterocycles. The Labute approximate surface area is 140 Å². The van der Waals surface area contributed by atoms with Crippen molar-refractivity contribution >= 4 is 50.5 Å². The number of hydrogen-bond donors (Lipinski definition) is 2. The molecule has 1 fully saturated rings. The van der Waals surface area contributed by atoms with E-state index in [0.717, 1.165) is 10.0 Å². The molecule has 110 valence electrons. The number of aliphatic imine (C=N–C) groups is 1. The first-order valence-corrected chi connectivity index (χ1v) is 8.05. The van der Waals surface area contributed by atoms with Crippen LogP contribution in [0.2, 0.25) is 0 Å². The molecule has 1 heterocycles. The predicted octanol–water partition coefficient (Wildman–Crippen LogP) is 4.05. The van der Waals surface area contributed by atoms with E-state index in [4.69, 9.17) is 0 Å². The molecule has 22 heavy (non-hydrogen) atoms. The molecule has 0 atom stereocenters. The minimum absolute atomic E-state index is 0.164. The molecule has 6 heteroatoms. The summed E-state index contributed by atoms with van der Waals surface area (Å²) in [6.07, 6.45) is 1.82. The smallest absolute Gasteiger partial charge is 0.264 e. The number of hydrogen-bond acceptors (Lipinski definition) is 4. The van der Waals surface area contributed by atoms with E-state index in [1.165, 1.54) is 11.8 Å². The highest BCUT2D eigenvalue weighted by Crippen LogP contribution is 2.28. The standard InChI is InChI=1S/C16H11BrN2O2S/c17-11-3-1-2-10(8-11)9-14-15(21)19-16(22-14)18-12-4-6-13(20)7-5-12/h1-9,20H,(H,18,19,21)/b14-9-. The van der Waals surface area contributed by atoms with Crippen LogP contribution in [0, 0.1) is 0 Å². The van der Waals surface area contributed by atoms with Crippen LogP contribution in [0.3, 0.4) is 0 Å². The van der Waals surface area contributed by atoms with Crippen molar-refractivity contribution in [2.24, 2.45) is 4.99 Å². The fraction of sp³-hybridized carbons (Fsp3) is 0. The van der Waals surface area contributed by atoms with Crippen molar-refractivity contribution in [2.45, 2.75) is 0 Å². The third kappa shape index (κ3) is 3.58. The van der Waals surface area contributed by atoms with Crippen molar-refractivity contribution in [3.05, 3.63) is 63.5 Å². The zero-order valence-corrected chi connectivity index (χ0v) is 13.7. The lowest BCUT2D eigenvalue weighted by molar-refractivity contribution is -0.115. The molecule has 2 aromatic rings. The Balaban J connectivity index is 1.82. The minimum Gasteiger partial charge on any atom is -0.508 e. The van der Waals surface area contributed by atoms with Gasteiger partial charge < -0.3 is 10.4 Å². The van der Waals surface area contributed by atoms with Crippen LogP contribution in [0.25, 0.3) is 6.08 Å². The monoisotopic (exact) mass is 374 g/mol. The number of phenolic OH excluding ortho intramolecular Hbond substituents is 1. The van der Waals surface area contributed by atoms with Gasteiger partial charge in [0.15, 0.2) is 5.17 Å². The molecule has 0 bridgehead atoms. The van der Waals surface area contributed by atoms with Crippen molar-refractivity contribution < 1.29 is 9.90 Å². The van der Waals surface area contributed by atoms with E-state index in [1.807, 2.05) is 30.3 Å². The maximum atomic E-state index is 12.0. The Morgan fingerprint density at radius 1 is 1.18 bits per heavy atom. The Morgan fingerprint density at radius 3 is 2.68 bits per heavy atom. The summed E-state index contributed by atoms with van der Waals surface area (Å²) in [5.41, 5.74) is 1.61. The summed E-state index contributed by atoms with van der Waals surface area (Å²) in [6, 6.07) is 14.2. The first-order valence-electron chi connectivity index (χ1n) is 6.44. The number of nitrogens with one attached hydrogen (secondary N) is 1. The molecule has 2 N–H and O–H groups in total. The van der Waals surface area contributed by atoms with Crippen LogP contribution in [-0.4, -0.2) is 16.2 Å². The number of nitrogens with zero attached hydrogens (tertiary/aromatic N) is 1. The van der Waals surface area contributed by atoms with Gasteiger partial charge in [-0.05, 0) is 59.8 Å². The van der Waals surface area contributed by atoms with E-state index >= 15 is 0 Å². The van der Waals surface area contributed by atoms with Gasteiger partial charge in [0, 0.05) is 4.47 Å². The molecule has 1 aliphatic rings. The van der Waals surface area contributed by atoms with E-state index < -0.39 is 0 Å². The summed E-state index contributed by atoms with van der Waals surface area (Å²) >= 11 is 4.70. The van der Waals surface area contributed by atoms with Gasteiger partial charge in [-0.1, -0.05) is 28.1 Å².